The van der Waals surface area contributed by atoms with E-state index in [1.807, 2.05) is 0 Å². The summed E-state index contributed by atoms with van der Waals surface area (Å²) in [4.78, 5) is 2.62. The van der Waals surface area contributed by atoms with Crippen LogP contribution in [0.2, 0.25) is 0 Å². The fourth-order valence-corrected chi connectivity index (χ4v) is 17.9. The predicted octanol–water partition coefficient (Wildman–Crippen LogP) is 24.6. The summed E-state index contributed by atoms with van der Waals surface area (Å²) < 4.78 is 0. The summed E-state index contributed by atoms with van der Waals surface area (Å²) in [6.45, 7) is 9.85. The lowest BCUT2D eigenvalue weighted by molar-refractivity contribution is 0.344. The Morgan fingerprint density at radius 3 is 1.22 bits per heavy atom. The molecule has 0 N–H and O–H groups in total. The van der Waals surface area contributed by atoms with Crippen LogP contribution in [-0.2, 0) is 5.41 Å². The molecule has 6 aliphatic rings. The monoisotopic (exact) mass is 1080 g/mol. The Kier molecular flexibility index (Phi) is 18.4. The van der Waals surface area contributed by atoms with E-state index in [0.717, 1.165) is 17.8 Å². The van der Waals surface area contributed by atoms with Gasteiger partial charge in [-0.3, -0.25) is 0 Å². The van der Waals surface area contributed by atoms with E-state index in [1.165, 1.54) is 261 Å². The molecule has 0 aromatic heterocycles. The van der Waals surface area contributed by atoms with Gasteiger partial charge in [0.25, 0.3) is 0 Å². The Morgan fingerprint density at radius 1 is 0.346 bits per heavy atom. The second kappa shape index (κ2) is 26.4. The summed E-state index contributed by atoms with van der Waals surface area (Å²) in [6.07, 6.45) is 42.4. The van der Waals surface area contributed by atoms with E-state index in [4.69, 9.17) is 0 Å². The zero-order valence-corrected chi connectivity index (χ0v) is 51.1. The second-order valence-electron chi connectivity index (χ2n) is 27.7. The SMILES string of the molecule is CCC1CCCC(c2cc(C3CCCC(CC)CCC3)c(-c3ccc(N(c4ccc(C5CCCCC5)cc4)c4ccc5c(c4)C(C)(c4ccc(C6CCCCC6)cc4)c4ccccc4-5)cc3)c(C3CCCC(CC)CCC3)c2)CCC1. The molecule has 0 aliphatic heterocycles. The molecule has 6 aromatic rings. The Morgan fingerprint density at radius 2 is 0.741 bits per heavy atom. The highest BCUT2D eigenvalue weighted by Gasteiger charge is 2.41. The van der Waals surface area contributed by atoms with Crippen molar-refractivity contribution in [1.82, 2.24) is 0 Å². The van der Waals surface area contributed by atoms with Gasteiger partial charge in [-0.05, 0) is 222 Å². The molecule has 1 nitrogen and oxygen atoms in total. The Labute approximate surface area is 492 Å². The third kappa shape index (κ3) is 12.2. The Hall–Kier alpha value is -4.88. The predicted molar refractivity (Wildman–Crippen MR) is 348 cm³/mol. The first-order valence-electron chi connectivity index (χ1n) is 34.4. The van der Waals surface area contributed by atoms with Crippen LogP contribution in [-0.4, -0.2) is 0 Å². The molecule has 6 aromatic carbocycles. The third-order valence-electron chi connectivity index (χ3n) is 23.1. The van der Waals surface area contributed by atoms with E-state index < -0.39 is 0 Å². The van der Waals surface area contributed by atoms with Crippen molar-refractivity contribution < 1.29 is 0 Å². The lowest BCUT2D eigenvalue weighted by atomic mass is 9.72. The minimum absolute atomic E-state index is 0.275. The lowest BCUT2D eigenvalue weighted by Crippen LogP contribution is -2.23. The molecule has 1 unspecified atom stereocenters. The highest BCUT2D eigenvalue weighted by atomic mass is 15.1. The van der Waals surface area contributed by atoms with Crippen molar-refractivity contribution in [3.63, 3.8) is 0 Å². The van der Waals surface area contributed by atoms with Gasteiger partial charge in [0.05, 0.1) is 0 Å². The van der Waals surface area contributed by atoms with Gasteiger partial charge in [0.1, 0.15) is 0 Å². The summed E-state index contributed by atoms with van der Waals surface area (Å²) in [7, 11) is 0. The number of nitrogens with zero attached hydrogens (tertiary/aromatic N) is 1. The van der Waals surface area contributed by atoms with Crippen LogP contribution in [0, 0.1) is 17.8 Å². The first kappa shape index (κ1) is 56.6. The molecule has 81 heavy (non-hydrogen) atoms. The zero-order chi connectivity index (χ0) is 55.1. The van der Waals surface area contributed by atoms with Crippen LogP contribution in [0.5, 0.6) is 0 Å². The number of hydrogen-bond acceptors (Lipinski definition) is 1. The van der Waals surface area contributed by atoms with Gasteiger partial charge in [-0.15, -0.1) is 0 Å². The maximum absolute atomic E-state index is 2.86. The molecule has 428 valence electrons. The van der Waals surface area contributed by atoms with Gasteiger partial charge in [-0.2, -0.15) is 0 Å². The molecular formula is C80H103N. The molecule has 0 radical (unpaired) electrons. The van der Waals surface area contributed by atoms with Crippen LogP contribution in [0.3, 0.4) is 0 Å². The van der Waals surface area contributed by atoms with Crippen molar-refractivity contribution in [2.24, 2.45) is 17.8 Å². The fraction of sp³-hybridized carbons (Fsp3) is 0.550. The summed E-state index contributed by atoms with van der Waals surface area (Å²) >= 11 is 0. The topological polar surface area (TPSA) is 3.24 Å². The van der Waals surface area contributed by atoms with Gasteiger partial charge in [-0.1, -0.05) is 247 Å². The molecule has 1 heteroatoms. The van der Waals surface area contributed by atoms with Crippen molar-refractivity contribution >= 4 is 17.1 Å². The van der Waals surface area contributed by atoms with Gasteiger partial charge in [0, 0.05) is 22.5 Å². The van der Waals surface area contributed by atoms with E-state index in [2.05, 4.69) is 160 Å². The maximum Gasteiger partial charge on any atom is 0.0465 e. The van der Waals surface area contributed by atoms with Crippen LogP contribution < -0.4 is 4.90 Å². The van der Waals surface area contributed by atoms with Crippen LogP contribution in [0.4, 0.5) is 17.1 Å². The van der Waals surface area contributed by atoms with Gasteiger partial charge in [-0.25, -0.2) is 0 Å². The number of benzene rings is 6. The smallest absolute Gasteiger partial charge is 0.0465 e. The van der Waals surface area contributed by atoms with Crippen molar-refractivity contribution in [2.75, 3.05) is 4.90 Å². The standard InChI is InChI=1S/C80H103N/c1-5-57-22-16-32-62(33-17-23-57)68-54-75(65-34-18-24-58(6-2)25-19-35-65)79(76(55-68)66-36-20-26-59(7-3)27-21-37-66)67-44-50-71(51-45-67)81(70-48-42-64(43-49-70)61-30-12-9-13-31-61)72-52-53-74-73-38-14-15-39-77(73)80(4,78(74)56-72)69-46-40-63(41-47-69)60-28-10-8-11-29-60/h14-15,38-62,65-66H,5-13,16-37H2,1-4H3. The van der Waals surface area contributed by atoms with E-state index >= 15 is 0 Å². The van der Waals surface area contributed by atoms with E-state index in [1.54, 1.807) is 22.3 Å². The minimum Gasteiger partial charge on any atom is -0.310 e. The number of hydrogen-bond donors (Lipinski definition) is 0. The van der Waals surface area contributed by atoms with Crippen molar-refractivity contribution in [3.05, 3.63) is 172 Å². The molecule has 0 amide bonds. The molecule has 6 aliphatic carbocycles. The summed E-state index contributed by atoms with van der Waals surface area (Å²) in [5.74, 6) is 6.05. The van der Waals surface area contributed by atoms with Crippen LogP contribution in [0.1, 0.15) is 301 Å². The average molecular weight is 1080 g/mol. The summed E-state index contributed by atoms with van der Waals surface area (Å²) in [5, 5.41) is 0. The largest absolute Gasteiger partial charge is 0.310 e. The van der Waals surface area contributed by atoms with Gasteiger partial charge < -0.3 is 4.90 Å². The molecule has 5 saturated carbocycles. The molecule has 0 heterocycles. The van der Waals surface area contributed by atoms with Gasteiger partial charge >= 0.3 is 0 Å². The third-order valence-corrected chi connectivity index (χ3v) is 23.1. The van der Waals surface area contributed by atoms with Crippen LogP contribution in [0.15, 0.2) is 127 Å². The quantitative estimate of drug-likeness (QED) is 0.111. The normalized spacial score (nSPS) is 26.2. The summed E-state index contributed by atoms with van der Waals surface area (Å²) in [5.41, 5.74) is 21.8. The molecule has 0 saturated heterocycles. The molecule has 12 rings (SSSR count). The van der Waals surface area contributed by atoms with Crippen molar-refractivity contribution in [2.45, 2.75) is 262 Å². The highest BCUT2D eigenvalue weighted by molar-refractivity contribution is 5.88. The molecular weight excluding hydrogens is 975 g/mol. The van der Waals surface area contributed by atoms with Crippen LogP contribution >= 0.6 is 0 Å². The van der Waals surface area contributed by atoms with E-state index in [-0.39, 0.29) is 5.41 Å². The average Bonchev–Trinajstić information content (AvgIpc) is 4.04. The highest BCUT2D eigenvalue weighted by Crippen LogP contribution is 2.55. The van der Waals surface area contributed by atoms with E-state index in [0.29, 0.717) is 29.6 Å². The van der Waals surface area contributed by atoms with Crippen LogP contribution in [0.25, 0.3) is 22.3 Å². The van der Waals surface area contributed by atoms with Gasteiger partial charge in [0.15, 0.2) is 0 Å². The number of rotatable bonds is 13. The zero-order valence-electron chi connectivity index (χ0n) is 51.1. The lowest BCUT2D eigenvalue weighted by Gasteiger charge is -2.33. The first-order chi connectivity index (χ1) is 39.9. The molecule has 0 bridgehead atoms. The van der Waals surface area contributed by atoms with Crippen molar-refractivity contribution in [3.8, 4) is 22.3 Å². The first-order valence-corrected chi connectivity index (χ1v) is 34.4. The minimum atomic E-state index is -0.275. The summed E-state index contributed by atoms with van der Waals surface area (Å²) in [6, 6.07) is 52.7. The second-order valence-corrected chi connectivity index (χ2v) is 27.7. The maximum atomic E-state index is 2.86. The van der Waals surface area contributed by atoms with Crippen molar-refractivity contribution in [1.29, 1.82) is 0 Å². The van der Waals surface area contributed by atoms with E-state index in [9.17, 15) is 0 Å². The Bertz CT molecular complexity index is 2880. The molecule has 1 atom stereocenters. The fourth-order valence-electron chi connectivity index (χ4n) is 17.9. The molecule has 5 fully saturated rings. The Balaban J connectivity index is 0.973. The number of anilines is 3. The van der Waals surface area contributed by atoms with Gasteiger partial charge in [0.2, 0.25) is 0 Å². The number of fused-ring (bicyclic) bond motifs is 3. The molecule has 0 spiro atoms.